The van der Waals surface area contributed by atoms with E-state index in [4.69, 9.17) is 10.8 Å². The van der Waals surface area contributed by atoms with E-state index in [0.717, 1.165) is 43.4 Å². The molecule has 1 saturated carbocycles. The van der Waals surface area contributed by atoms with Crippen LogP contribution in [0, 0.1) is 5.92 Å². The quantitative estimate of drug-likeness (QED) is 0.833. The number of carboxylic acids is 1. The molecule has 1 aromatic rings. The number of aromatic carboxylic acids is 1. The highest BCUT2D eigenvalue weighted by Gasteiger charge is 2.37. The van der Waals surface area contributed by atoms with Crippen molar-refractivity contribution in [2.45, 2.75) is 51.5 Å². The maximum Gasteiger partial charge on any atom is 0.356 e. The molecule has 6 heteroatoms. The molecular weight excluding hydrogens is 276 g/mol. The lowest BCUT2D eigenvalue weighted by Gasteiger charge is -2.35. The van der Waals surface area contributed by atoms with Crippen LogP contribution in [0.15, 0.2) is 0 Å². The first-order valence-electron chi connectivity index (χ1n) is 6.91. The van der Waals surface area contributed by atoms with Crippen molar-refractivity contribution in [3.05, 3.63) is 15.6 Å². The second-order valence-electron chi connectivity index (χ2n) is 5.57. The molecule has 2 rings (SSSR count). The molecule has 0 saturated heterocycles. The van der Waals surface area contributed by atoms with Gasteiger partial charge in [-0.3, -0.25) is 4.79 Å². The molecule has 0 unspecified atom stereocenters. The number of aromatic nitrogens is 1. The first-order valence-corrected chi connectivity index (χ1v) is 7.73. The SMILES string of the molecule is CCC1CCC(N)(c2nc(C(=O)O)c(C(C)=O)s2)CC1. The molecule has 3 N–H and O–H groups in total. The van der Waals surface area contributed by atoms with Crippen molar-refractivity contribution < 1.29 is 14.7 Å². The lowest BCUT2D eigenvalue weighted by atomic mass is 9.76. The second-order valence-corrected chi connectivity index (χ2v) is 6.56. The van der Waals surface area contributed by atoms with E-state index in [1.54, 1.807) is 0 Å². The molecule has 20 heavy (non-hydrogen) atoms. The summed E-state index contributed by atoms with van der Waals surface area (Å²) in [5.74, 6) is -0.738. The van der Waals surface area contributed by atoms with Gasteiger partial charge in [0.1, 0.15) is 9.88 Å². The van der Waals surface area contributed by atoms with Crippen LogP contribution in [0.2, 0.25) is 0 Å². The molecule has 0 spiro atoms. The molecule has 1 aromatic heterocycles. The molecule has 0 aliphatic heterocycles. The number of Topliss-reactive ketones (excluding diaryl/α,β-unsaturated/α-hetero) is 1. The fraction of sp³-hybridized carbons (Fsp3) is 0.643. The highest BCUT2D eigenvalue weighted by molar-refractivity contribution is 7.14. The van der Waals surface area contributed by atoms with E-state index in [-0.39, 0.29) is 16.4 Å². The Bertz CT molecular complexity index is 499. The fourth-order valence-electron chi connectivity index (χ4n) is 2.73. The number of nitrogens with zero attached hydrogens (tertiary/aromatic N) is 1. The van der Waals surface area contributed by atoms with Gasteiger partial charge in [-0.25, -0.2) is 9.78 Å². The van der Waals surface area contributed by atoms with Gasteiger partial charge in [0.2, 0.25) is 0 Å². The lowest BCUT2D eigenvalue weighted by molar-refractivity contribution is 0.0686. The van der Waals surface area contributed by atoms with Crippen molar-refractivity contribution >= 4 is 23.1 Å². The first-order chi connectivity index (χ1) is 9.37. The Morgan fingerprint density at radius 2 is 2.05 bits per heavy atom. The number of ketones is 1. The number of rotatable bonds is 4. The molecule has 0 radical (unpaired) electrons. The van der Waals surface area contributed by atoms with E-state index in [9.17, 15) is 9.59 Å². The maximum absolute atomic E-state index is 11.5. The van der Waals surface area contributed by atoms with Gasteiger partial charge in [0.05, 0.1) is 5.54 Å². The minimum absolute atomic E-state index is 0.153. The van der Waals surface area contributed by atoms with Crippen LogP contribution < -0.4 is 5.73 Å². The monoisotopic (exact) mass is 296 g/mol. The third-order valence-electron chi connectivity index (χ3n) is 4.15. The zero-order valence-electron chi connectivity index (χ0n) is 11.8. The number of hydrogen-bond acceptors (Lipinski definition) is 5. The van der Waals surface area contributed by atoms with Crippen molar-refractivity contribution in [2.75, 3.05) is 0 Å². The van der Waals surface area contributed by atoms with Crippen molar-refractivity contribution in [1.82, 2.24) is 4.98 Å². The Morgan fingerprint density at radius 3 is 2.45 bits per heavy atom. The van der Waals surface area contributed by atoms with E-state index >= 15 is 0 Å². The Labute approximate surface area is 122 Å². The Morgan fingerprint density at radius 1 is 1.45 bits per heavy atom. The van der Waals surface area contributed by atoms with Gasteiger partial charge in [-0.05, 0) is 31.6 Å². The largest absolute Gasteiger partial charge is 0.476 e. The number of carbonyl (C=O) groups is 2. The summed E-state index contributed by atoms with van der Waals surface area (Å²) in [5.41, 5.74) is 5.70. The van der Waals surface area contributed by atoms with Crippen molar-refractivity contribution in [1.29, 1.82) is 0 Å². The average Bonchev–Trinajstić information content (AvgIpc) is 2.85. The van der Waals surface area contributed by atoms with E-state index in [1.165, 1.54) is 6.92 Å². The molecule has 1 fully saturated rings. The molecule has 5 nitrogen and oxygen atoms in total. The topological polar surface area (TPSA) is 93.3 Å². The van der Waals surface area contributed by atoms with Gasteiger partial charge in [-0.1, -0.05) is 13.3 Å². The van der Waals surface area contributed by atoms with Crippen molar-refractivity contribution in [3.63, 3.8) is 0 Å². The molecule has 0 aromatic carbocycles. The van der Waals surface area contributed by atoms with Gasteiger partial charge in [0.15, 0.2) is 11.5 Å². The number of nitrogens with two attached hydrogens (primary N) is 1. The average molecular weight is 296 g/mol. The Kier molecular flexibility index (Phi) is 4.25. The van der Waals surface area contributed by atoms with Gasteiger partial charge in [-0.15, -0.1) is 11.3 Å². The van der Waals surface area contributed by atoms with Crippen molar-refractivity contribution in [2.24, 2.45) is 11.7 Å². The molecule has 0 bridgehead atoms. The Hall–Kier alpha value is -1.27. The molecule has 1 aliphatic rings. The molecule has 0 amide bonds. The maximum atomic E-state index is 11.5. The molecular formula is C14H20N2O3S. The predicted octanol–water partition coefficient (Wildman–Crippen LogP) is 2.80. The summed E-state index contributed by atoms with van der Waals surface area (Å²) in [7, 11) is 0. The van der Waals surface area contributed by atoms with Crippen LogP contribution in [0.1, 0.15) is 71.1 Å². The van der Waals surface area contributed by atoms with E-state index < -0.39 is 11.5 Å². The number of carboxylic acid groups (broad SMARTS) is 1. The zero-order valence-corrected chi connectivity index (χ0v) is 12.6. The van der Waals surface area contributed by atoms with Gasteiger partial charge < -0.3 is 10.8 Å². The summed E-state index contributed by atoms with van der Waals surface area (Å²) in [6, 6.07) is 0. The highest BCUT2D eigenvalue weighted by Crippen LogP contribution is 2.40. The van der Waals surface area contributed by atoms with E-state index in [2.05, 4.69) is 11.9 Å². The second kappa shape index (κ2) is 5.61. The smallest absolute Gasteiger partial charge is 0.356 e. The predicted molar refractivity (Wildman–Crippen MR) is 77.2 cm³/mol. The standard InChI is InChI=1S/C14H20N2O3S/c1-3-9-4-6-14(15,7-5-9)13-16-10(12(18)19)11(20-13)8(2)17/h9H,3-7,15H2,1-2H3,(H,18,19). The van der Waals surface area contributed by atoms with E-state index in [0.29, 0.717) is 10.9 Å². The highest BCUT2D eigenvalue weighted by atomic mass is 32.1. The third kappa shape index (κ3) is 2.76. The van der Waals surface area contributed by atoms with Gasteiger partial charge >= 0.3 is 5.97 Å². The summed E-state index contributed by atoms with van der Waals surface area (Å²) in [6.07, 6.45) is 4.81. The summed E-state index contributed by atoms with van der Waals surface area (Å²) in [4.78, 5) is 27.1. The van der Waals surface area contributed by atoms with Crippen LogP contribution in [0.4, 0.5) is 0 Å². The first kappa shape index (κ1) is 15.1. The minimum Gasteiger partial charge on any atom is -0.476 e. The summed E-state index contributed by atoms with van der Waals surface area (Å²) in [5, 5.41) is 9.73. The number of carbonyl (C=O) groups excluding carboxylic acids is 1. The summed E-state index contributed by atoms with van der Waals surface area (Å²) >= 11 is 1.14. The molecule has 110 valence electrons. The normalized spacial score (nSPS) is 26.4. The zero-order chi connectivity index (χ0) is 14.9. The van der Waals surface area contributed by atoms with Crippen LogP contribution in [0.3, 0.4) is 0 Å². The molecule has 0 atom stereocenters. The Balaban J connectivity index is 2.31. The van der Waals surface area contributed by atoms with Crippen LogP contribution in [-0.2, 0) is 5.54 Å². The lowest BCUT2D eigenvalue weighted by Crippen LogP contribution is -2.40. The molecule has 1 aliphatic carbocycles. The van der Waals surface area contributed by atoms with Gasteiger partial charge in [0.25, 0.3) is 0 Å². The number of thiazole rings is 1. The van der Waals surface area contributed by atoms with Crippen LogP contribution in [-0.4, -0.2) is 21.8 Å². The van der Waals surface area contributed by atoms with Crippen LogP contribution in [0.25, 0.3) is 0 Å². The van der Waals surface area contributed by atoms with E-state index in [1.807, 2.05) is 0 Å². The summed E-state index contributed by atoms with van der Waals surface area (Å²) in [6.45, 7) is 3.54. The van der Waals surface area contributed by atoms with Crippen LogP contribution >= 0.6 is 11.3 Å². The summed E-state index contributed by atoms with van der Waals surface area (Å²) < 4.78 is 0. The van der Waals surface area contributed by atoms with Crippen LogP contribution in [0.5, 0.6) is 0 Å². The van der Waals surface area contributed by atoms with Crippen molar-refractivity contribution in [3.8, 4) is 0 Å². The fourth-order valence-corrected chi connectivity index (χ4v) is 3.84. The molecule has 1 heterocycles. The van der Waals surface area contributed by atoms with Gasteiger partial charge in [0, 0.05) is 6.92 Å². The minimum atomic E-state index is -1.16. The van der Waals surface area contributed by atoms with Gasteiger partial charge in [-0.2, -0.15) is 0 Å². The number of hydrogen-bond donors (Lipinski definition) is 2. The third-order valence-corrected chi connectivity index (χ3v) is 5.53.